The molecule has 0 saturated carbocycles. The van der Waals surface area contributed by atoms with Gasteiger partial charge >= 0.3 is 5.69 Å². The lowest BCUT2D eigenvalue weighted by atomic mass is 10.1. The summed E-state index contributed by atoms with van der Waals surface area (Å²) in [7, 11) is 0. The fourth-order valence-corrected chi connectivity index (χ4v) is 2.40. The summed E-state index contributed by atoms with van der Waals surface area (Å²) in [5, 5.41) is 18.7. The molecule has 1 fully saturated rings. The van der Waals surface area contributed by atoms with Gasteiger partial charge in [0.25, 0.3) is 0 Å². The van der Waals surface area contributed by atoms with E-state index in [9.17, 15) is 10.1 Å². The number of anilines is 1. The largest absolute Gasteiger partial charge is 0.381 e. The first kappa shape index (κ1) is 13.8. The van der Waals surface area contributed by atoms with Crippen molar-refractivity contribution in [2.24, 2.45) is 0 Å². The zero-order valence-corrected chi connectivity index (χ0v) is 11.4. The molecule has 19 heavy (non-hydrogen) atoms. The summed E-state index contributed by atoms with van der Waals surface area (Å²) in [6.07, 6.45) is 2.81. The molecule has 0 amide bonds. The van der Waals surface area contributed by atoms with Crippen LogP contribution in [0.3, 0.4) is 0 Å². The first-order valence-electron chi connectivity index (χ1n) is 6.69. The van der Waals surface area contributed by atoms with E-state index >= 15 is 0 Å². The Bertz CT molecular complexity index is 450. The van der Waals surface area contributed by atoms with Gasteiger partial charge in [0.05, 0.1) is 4.92 Å². The first-order chi connectivity index (χ1) is 9.13. The molecular weight excluding hydrogens is 248 g/mol. The summed E-state index contributed by atoms with van der Waals surface area (Å²) < 4.78 is 7.07. The van der Waals surface area contributed by atoms with Gasteiger partial charge in [-0.3, -0.25) is 10.1 Å². The summed E-state index contributed by atoms with van der Waals surface area (Å²) in [4.78, 5) is 10.8. The lowest BCUT2D eigenvalue weighted by molar-refractivity contribution is -0.384. The van der Waals surface area contributed by atoms with Crippen molar-refractivity contribution in [1.29, 1.82) is 0 Å². The Morgan fingerprint density at radius 1 is 1.53 bits per heavy atom. The van der Waals surface area contributed by atoms with Crippen molar-refractivity contribution >= 4 is 11.5 Å². The molecule has 0 radical (unpaired) electrons. The number of nitro groups is 1. The van der Waals surface area contributed by atoms with Gasteiger partial charge in [0.15, 0.2) is 0 Å². The summed E-state index contributed by atoms with van der Waals surface area (Å²) >= 11 is 0. The molecule has 0 spiro atoms. The molecule has 106 valence electrons. The van der Waals surface area contributed by atoms with Gasteiger partial charge in [-0.1, -0.05) is 0 Å². The zero-order chi connectivity index (χ0) is 13.8. The Morgan fingerprint density at radius 2 is 2.32 bits per heavy atom. The molecule has 0 bridgehead atoms. The minimum atomic E-state index is -0.357. The highest BCUT2D eigenvalue weighted by Crippen LogP contribution is 2.29. The van der Waals surface area contributed by atoms with Gasteiger partial charge in [-0.05, 0) is 33.1 Å². The summed E-state index contributed by atoms with van der Waals surface area (Å²) in [6.45, 7) is 5.68. The van der Waals surface area contributed by atoms with E-state index in [1.165, 1.54) is 0 Å². The molecule has 0 unspecified atom stereocenters. The number of nitrogens with one attached hydrogen (secondary N) is 1. The second-order valence-electron chi connectivity index (χ2n) is 4.74. The third-order valence-corrected chi connectivity index (χ3v) is 3.37. The van der Waals surface area contributed by atoms with Crippen LogP contribution in [0.15, 0.2) is 0 Å². The molecule has 1 aliphatic heterocycles. The normalized spacial score (nSPS) is 20.0. The highest BCUT2D eigenvalue weighted by Gasteiger charge is 2.26. The molecule has 0 aliphatic carbocycles. The quantitative estimate of drug-likeness (QED) is 0.668. The molecule has 1 aromatic heterocycles. The van der Waals surface area contributed by atoms with Crippen molar-refractivity contribution < 1.29 is 9.66 Å². The van der Waals surface area contributed by atoms with Gasteiger partial charge in [0.1, 0.15) is 5.69 Å². The van der Waals surface area contributed by atoms with Crippen molar-refractivity contribution in [2.45, 2.75) is 45.7 Å². The molecule has 2 heterocycles. The van der Waals surface area contributed by atoms with E-state index in [2.05, 4.69) is 10.4 Å². The van der Waals surface area contributed by atoms with Crippen molar-refractivity contribution in [3.8, 4) is 0 Å². The highest BCUT2D eigenvalue weighted by atomic mass is 16.6. The van der Waals surface area contributed by atoms with E-state index in [0.29, 0.717) is 24.7 Å². The zero-order valence-electron chi connectivity index (χ0n) is 11.4. The van der Waals surface area contributed by atoms with Gasteiger partial charge < -0.3 is 10.1 Å². The number of aromatic nitrogens is 2. The number of nitrogens with zero attached hydrogens (tertiary/aromatic N) is 3. The number of aryl methyl sites for hydroxylation is 2. The van der Waals surface area contributed by atoms with Crippen molar-refractivity contribution in [1.82, 2.24) is 9.78 Å². The second kappa shape index (κ2) is 6.01. The van der Waals surface area contributed by atoms with Gasteiger partial charge in [0, 0.05) is 25.8 Å². The van der Waals surface area contributed by atoms with E-state index < -0.39 is 0 Å². The van der Waals surface area contributed by atoms with Crippen LogP contribution in [0.1, 0.15) is 31.9 Å². The van der Waals surface area contributed by atoms with E-state index in [1.54, 1.807) is 11.6 Å². The third-order valence-electron chi connectivity index (χ3n) is 3.37. The number of rotatable bonds is 4. The number of hydrogen-bond acceptors (Lipinski definition) is 5. The Labute approximate surface area is 112 Å². The SMILES string of the molecule is CCn1nc(C)c([N+](=O)[O-])c1N[C@@H]1CCCOCC1. The lowest BCUT2D eigenvalue weighted by Crippen LogP contribution is -2.22. The summed E-state index contributed by atoms with van der Waals surface area (Å²) in [5.74, 6) is 0.525. The van der Waals surface area contributed by atoms with Crippen LogP contribution in [-0.4, -0.2) is 34.0 Å². The second-order valence-corrected chi connectivity index (χ2v) is 4.74. The van der Waals surface area contributed by atoms with Crippen molar-refractivity contribution in [2.75, 3.05) is 18.5 Å². The molecule has 1 atom stereocenters. The number of ether oxygens (including phenoxy) is 1. The fraction of sp³-hybridized carbons (Fsp3) is 0.750. The smallest absolute Gasteiger partial charge is 0.333 e. The maximum absolute atomic E-state index is 11.2. The average molecular weight is 268 g/mol. The monoisotopic (exact) mass is 268 g/mol. The van der Waals surface area contributed by atoms with Crippen LogP contribution in [0.25, 0.3) is 0 Å². The summed E-state index contributed by atoms with van der Waals surface area (Å²) in [5.41, 5.74) is 0.547. The number of hydrogen-bond donors (Lipinski definition) is 1. The molecule has 7 heteroatoms. The van der Waals surface area contributed by atoms with Crippen LogP contribution in [-0.2, 0) is 11.3 Å². The third kappa shape index (κ3) is 3.04. The Kier molecular flexibility index (Phi) is 4.36. The fourth-order valence-electron chi connectivity index (χ4n) is 2.40. The van der Waals surface area contributed by atoms with E-state index in [0.717, 1.165) is 25.9 Å². The molecule has 1 aromatic rings. The topological polar surface area (TPSA) is 82.2 Å². The maximum atomic E-state index is 11.2. The highest BCUT2D eigenvalue weighted by molar-refractivity contribution is 5.60. The van der Waals surface area contributed by atoms with E-state index in [1.807, 2.05) is 6.92 Å². The molecule has 1 aliphatic rings. The molecule has 1 N–H and O–H groups in total. The average Bonchev–Trinajstić information content (AvgIpc) is 2.54. The predicted molar refractivity (Wildman–Crippen MR) is 71.4 cm³/mol. The molecule has 1 saturated heterocycles. The van der Waals surface area contributed by atoms with Gasteiger partial charge in [-0.2, -0.15) is 5.10 Å². The first-order valence-corrected chi connectivity index (χ1v) is 6.69. The minimum Gasteiger partial charge on any atom is -0.381 e. The van der Waals surface area contributed by atoms with Gasteiger partial charge in [-0.15, -0.1) is 0 Å². The Hall–Kier alpha value is -1.63. The van der Waals surface area contributed by atoms with Crippen LogP contribution in [0.4, 0.5) is 11.5 Å². The Morgan fingerprint density at radius 3 is 3.00 bits per heavy atom. The van der Waals surface area contributed by atoms with Gasteiger partial charge in [0.2, 0.25) is 5.82 Å². The van der Waals surface area contributed by atoms with Crippen LogP contribution in [0, 0.1) is 17.0 Å². The molecule has 2 rings (SSSR count). The Balaban J connectivity index is 2.24. The summed E-state index contributed by atoms with van der Waals surface area (Å²) in [6, 6.07) is 0.211. The van der Waals surface area contributed by atoms with Crippen molar-refractivity contribution in [3.05, 3.63) is 15.8 Å². The molecule has 0 aromatic carbocycles. The van der Waals surface area contributed by atoms with Gasteiger partial charge in [-0.25, -0.2) is 4.68 Å². The van der Waals surface area contributed by atoms with Crippen LogP contribution >= 0.6 is 0 Å². The lowest BCUT2D eigenvalue weighted by Gasteiger charge is -2.17. The molecular formula is C12H20N4O3. The standard InChI is InChI=1S/C12H20N4O3/c1-3-15-12(11(16(17)18)9(2)14-15)13-10-5-4-7-19-8-6-10/h10,13H,3-8H2,1-2H3/t10-/m1/s1. The predicted octanol–water partition coefficient (Wildman–Crippen LogP) is 2.10. The van der Waals surface area contributed by atoms with Crippen LogP contribution in [0.5, 0.6) is 0 Å². The van der Waals surface area contributed by atoms with E-state index in [4.69, 9.17) is 4.74 Å². The maximum Gasteiger partial charge on any atom is 0.333 e. The minimum absolute atomic E-state index is 0.0898. The van der Waals surface area contributed by atoms with E-state index in [-0.39, 0.29) is 16.7 Å². The molecule has 7 nitrogen and oxygen atoms in total. The van der Waals surface area contributed by atoms with Crippen LogP contribution < -0.4 is 5.32 Å². The van der Waals surface area contributed by atoms with Crippen LogP contribution in [0.2, 0.25) is 0 Å². The van der Waals surface area contributed by atoms with Crippen molar-refractivity contribution in [3.63, 3.8) is 0 Å².